The van der Waals surface area contributed by atoms with Crippen LogP contribution in [-0.4, -0.2) is 51.6 Å². The second kappa shape index (κ2) is 9.04. The molecule has 0 bridgehead atoms. The first-order valence-electron chi connectivity index (χ1n) is 6.62. The van der Waals surface area contributed by atoms with E-state index in [4.69, 9.17) is 25.1 Å². The molecule has 0 saturated heterocycles. The molecule has 0 atom stereocenters. The number of ether oxygens (including phenoxy) is 3. The fraction of sp³-hybridized carbons (Fsp3) is 0.500. The number of aliphatic hydroxyl groups is 1. The van der Waals surface area contributed by atoms with Gasteiger partial charge in [0, 0.05) is 24.9 Å². The molecule has 118 valence electrons. The Hall–Kier alpha value is -1.99. The van der Waals surface area contributed by atoms with Gasteiger partial charge < -0.3 is 30.4 Å². The lowest BCUT2D eigenvalue weighted by molar-refractivity contribution is 0.0868. The normalized spacial score (nSPS) is 10.2. The predicted molar refractivity (Wildman–Crippen MR) is 78.8 cm³/mol. The first-order chi connectivity index (χ1) is 10.1. The van der Waals surface area contributed by atoms with Gasteiger partial charge in [-0.2, -0.15) is 0 Å². The third kappa shape index (κ3) is 5.13. The number of hydrogen-bond donors (Lipinski definition) is 3. The maximum absolute atomic E-state index is 12.1. The third-order valence-electron chi connectivity index (χ3n) is 2.79. The molecule has 0 aliphatic heterocycles. The van der Waals surface area contributed by atoms with E-state index < -0.39 is 0 Å². The Balaban J connectivity index is 2.57. The molecule has 4 N–H and O–H groups in total. The van der Waals surface area contributed by atoms with Crippen molar-refractivity contribution in [3.63, 3.8) is 0 Å². The fourth-order valence-corrected chi connectivity index (χ4v) is 1.73. The molecule has 21 heavy (non-hydrogen) atoms. The number of amides is 1. The molecule has 1 aromatic rings. The number of methoxy groups -OCH3 is 2. The van der Waals surface area contributed by atoms with E-state index in [0.717, 1.165) is 0 Å². The van der Waals surface area contributed by atoms with Crippen LogP contribution in [0, 0.1) is 0 Å². The number of benzene rings is 1. The van der Waals surface area contributed by atoms with Crippen molar-refractivity contribution in [2.45, 2.75) is 6.42 Å². The second-order valence-corrected chi connectivity index (χ2v) is 4.24. The summed E-state index contributed by atoms with van der Waals surface area (Å²) in [6, 6.07) is 3.10. The molecule has 7 heteroatoms. The van der Waals surface area contributed by atoms with Gasteiger partial charge in [-0.3, -0.25) is 4.79 Å². The maximum Gasteiger partial charge on any atom is 0.253 e. The summed E-state index contributed by atoms with van der Waals surface area (Å²) in [6.45, 7) is 1.23. The highest BCUT2D eigenvalue weighted by atomic mass is 16.5. The van der Waals surface area contributed by atoms with Gasteiger partial charge >= 0.3 is 0 Å². The summed E-state index contributed by atoms with van der Waals surface area (Å²) in [5.41, 5.74) is 6.50. The van der Waals surface area contributed by atoms with E-state index in [2.05, 4.69) is 5.32 Å². The standard InChI is InChI=1S/C14H22N2O5/c1-19-12-8-10(11(15)9-13(12)20-2)14(18)16-4-3-6-21-7-5-17/h8-9,17H,3-7,15H2,1-2H3,(H,16,18). The summed E-state index contributed by atoms with van der Waals surface area (Å²) in [7, 11) is 3.00. The van der Waals surface area contributed by atoms with Crippen LogP contribution in [0.5, 0.6) is 11.5 Å². The van der Waals surface area contributed by atoms with Crippen LogP contribution in [0.4, 0.5) is 5.69 Å². The van der Waals surface area contributed by atoms with Gasteiger partial charge in [-0.05, 0) is 12.5 Å². The van der Waals surface area contributed by atoms with Crippen LogP contribution in [0.15, 0.2) is 12.1 Å². The Morgan fingerprint density at radius 3 is 2.52 bits per heavy atom. The van der Waals surface area contributed by atoms with Crippen molar-refractivity contribution >= 4 is 11.6 Å². The number of nitrogens with two attached hydrogens (primary N) is 1. The molecule has 1 rings (SSSR count). The quantitative estimate of drug-likeness (QED) is 0.451. The number of hydrogen-bond acceptors (Lipinski definition) is 6. The molecule has 1 aromatic carbocycles. The molecule has 0 unspecified atom stereocenters. The van der Waals surface area contributed by atoms with Gasteiger partial charge in [0.1, 0.15) is 0 Å². The third-order valence-corrected chi connectivity index (χ3v) is 2.79. The number of carbonyl (C=O) groups excluding carboxylic acids is 1. The fourth-order valence-electron chi connectivity index (χ4n) is 1.73. The lowest BCUT2D eigenvalue weighted by Gasteiger charge is -2.12. The molecule has 0 saturated carbocycles. The summed E-state index contributed by atoms with van der Waals surface area (Å²) in [5, 5.41) is 11.3. The van der Waals surface area contributed by atoms with Gasteiger partial charge in [0.25, 0.3) is 5.91 Å². The molecule has 0 aliphatic rings. The Morgan fingerprint density at radius 2 is 1.90 bits per heavy atom. The average molecular weight is 298 g/mol. The van der Waals surface area contributed by atoms with Crippen LogP contribution in [0.2, 0.25) is 0 Å². The Morgan fingerprint density at radius 1 is 1.24 bits per heavy atom. The summed E-state index contributed by atoms with van der Waals surface area (Å²) in [4.78, 5) is 12.1. The Bertz CT molecular complexity index is 465. The number of nitrogens with one attached hydrogen (secondary N) is 1. The van der Waals surface area contributed by atoms with E-state index in [9.17, 15) is 4.79 Å². The zero-order chi connectivity index (χ0) is 15.7. The zero-order valence-corrected chi connectivity index (χ0v) is 12.3. The summed E-state index contributed by atoms with van der Waals surface area (Å²) in [6.07, 6.45) is 0.652. The van der Waals surface area contributed by atoms with Crippen LogP contribution in [0.3, 0.4) is 0 Å². The summed E-state index contributed by atoms with van der Waals surface area (Å²) < 4.78 is 15.4. The van der Waals surface area contributed by atoms with Crippen molar-refractivity contribution in [1.82, 2.24) is 5.32 Å². The summed E-state index contributed by atoms with van der Waals surface area (Å²) >= 11 is 0. The van der Waals surface area contributed by atoms with Crippen molar-refractivity contribution in [3.05, 3.63) is 17.7 Å². The molecule has 7 nitrogen and oxygen atoms in total. The minimum atomic E-state index is -0.282. The van der Waals surface area contributed by atoms with E-state index in [1.165, 1.54) is 14.2 Å². The largest absolute Gasteiger partial charge is 0.493 e. The molecule has 0 fully saturated rings. The van der Waals surface area contributed by atoms with Crippen LogP contribution in [0.1, 0.15) is 16.8 Å². The SMILES string of the molecule is COc1cc(N)c(C(=O)NCCCOCCO)cc1OC. The van der Waals surface area contributed by atoms with Crippen LogP contribution < -0.4 is 20.5 Å². The van der Waals surface area contributed by atoms with Gasteiger partial charge in [0.2, 0.25) is 0 Å². The van der Waals surface area contributed by atoms with Gasteiger partial charge in [0.05, 0.1) is 33.0 Å². The van der Waals surface area contributed by atoms with Crippen molar-refractivity contribution in [1.29, 1.82) is 0 Å². The topological polar surface area (TPSA) is 103 Å². The summed E-state index contributed by atoms with van der Waals surface area (Å²) in [5.74, 6) is 0.641. The Kier molecular flexibility index (Phi) is 7.34. The second-order valence-electron chi connectivity index (χ2n) is 4.24. The molecular weight excluding hydrogens is 276 g/mol. The molecule has 0 spiro atoms. The molecule has 0 heterocycles. The van der Waals surface area contributed by atoms with E-state index >= 15 is 0 Å². The van der Waals surface area contributed by atoms with E-state index in [1.54, 1.807) is 12.1 Å². The lowest BCUT2D eigenvalue weighted by atomic mass is 10.1. The first-order valence-corrected chi connectivity index (χ1v) is 6.62. The van der Waals surface area contributed by atoms with Crippen molar-refractivity contribution in [3.8, 4) is 11.5 Å². The van der Waals surface area contributed by atoms with Crippen molar-refractivity contribution < 1.29 is 24.1 Å². The van der Waals surface area contributed by atoms with Gasteiger partial charge in [-0.15, -0.1) is 0 Å². The minimum absolute atomic E-state index is 0.00542. The van der Waals surface area contributed by atoms with Crippen LogP contribution in [-0.2, 0) is 4.74 Å². The molecular formula is C14H22N2O5. The van der Waals surface area contributed by atoms with Gasteiger partial charge in [-0.1, -0.05) is 0 Å². The van der Waals surface area contributed by atoms with Crippen molar-refractivity contribution in [2.24, 2.45) is 0 Å². The van der Waals surface area contributed by atoms with Crippen LogP contribution >= 0.6 is 0 Å². The smallest absolute Gasteiger partial charge is 0.253 e. The Labute approximate surface area is 124 Å². The molecule has 0 aliphatic carbocycles. The zero-order valence-electron chi connectivity index (χ0n) is 12.3. The number of nitrogen functional groups attached to an aromatic ring is 1. The minimum Gasteiger partial charge on any atom is -0.493 e. The number of rotatable bonds is 9. The van der Waals surface area contributed by atoms with E-state index in [-0.39, 0.29) is 12.5 Å². The number of anilines is 1. The molecule has 1 amide bonds. The van der Waals surface area contributed by atoms with E-state index in [0.29, 0.717) is 48.9 Å². The van der Waals surface area contributed by atoms with Crippen molar-refractivity contribution in [2.75, 3.05) is 46.3 Å². The highest BCUT2D eigenvalue weighted by Gasteiger charge is 2.14. The first kappa shape index (κ1) is 17.1. The molecule has 0 aromatic heterocycles. The van der Waals surface area contributed by atoms with Gasteiger partial charge in [0.15, 0.2) is 11.5 Å². The highest BCUT2D eigenvalue weighted by Crippen LogP contribution is 2.31. The molecule has 0 radical (unpaired) electrons. The number of aliphatic hydroxyl groups excluding tert-OH is 1. The number of carbonyl (C=O) groups is 1. The maximum atomic E-state index is 12.1. The predicted octanol–water partition coefficient (Wildman–Crippen LogP) is 0.415. The van der Waals surface area contributed by atoms with E-state index in [1.807, 2.05) is 0 Å². The van der Waals surface area contributed by atoms with Crippen LogP contribution in [0.25, 0.3) is 0 Å². The lowest BCUT2D eigenvalue weighted by Crippen LogP contribution is -2.26. The van der Waals surface area contributed by atoms with Gasteiger partial charge in [-0.25, -0.2) is 0 Å². The monoisotopic (exact) mass is 298 g/mol. The highest BCUT2D eigenvalue weighted by molar-refractivity contribution is 6.00. The average Bonchev–Trinajstić information content (AvgIpc) is 2.50.